The van der Waals surface area contributed by atoms with Crippen molar-refractivity contribution in [1.82, 2.24) is 10.2 Å². The molecule has 2 bridgehead atoms. The Morgan fingerprint density at radius 2 is 2.00 bits per heavy atom. The molecule has 1 aliphatic heterocycles. The first-order valence-corrected chi connectivity index (χ1v) is 7.96. The van der Waals surface area contributed by atoms with Crippen LogP contribution >= 0.6 is 0 Å². The van der Waals surface area contributed by atoms with Gasteiger partial charge in [-0.2, -0.15) is 0 Å². The van der Waals surface area contributed by atoms with Crippen molar-refractivity contribution in [2.75, 3.05) is 26.2 Å². The minimum absolute atomic E-state index is 0.722. The second kappa shape index (κ2) is 5.75. The van der Waals surface area contributed by atoms with E-state index >= 15 is 0 Å². The minimum atomic E-state index is 0.722. The molecule has 0 spiro atoms. The number of hydrogen-bond acceptors (Lipinski definition) is 2. The van der Waals surface area contributed by atoms with Gasteiger partial charge in [0.1, 0.15) is 0 Å². The van der Waals surface area contributed by atoms with Crippen LogP contribution in [-0.2, 0) is 0 Å². The molecule has 2 fully saturated rings. The van der Waals surface area contributed by atoms with E-state index in [-0.39, 0.29) is 0 Å². The summed E-state index contributed by atoms with van der Waals surface area (Å²) in [6, 6.07) is 0.722. The number of allylic oxidation sites excluding steroid dienone is 2. The average molecular weight is 248 g/mol. The maximum atomic E-state index is 3.73. The van der Waals surface area contributed by atoms with Gasteiger partial charge in [-0.05, 0) is 70.0 Å². The summed E-state index contributed by atoms with van der Waals surface area (Å²) in [5.41, 5.74) is 0. The Balaban J connectivity index is 1.35. The molecule has 4 unspecified atom stereocenters. The average Bonchev–Trinajstić information content (AvgIpc) is 3.02. The molecule has 0 aromatic heterocycles. The van der Waals surface area contributed by atoms with Crippen molar-refractivity contribution in [3.63, 3.8) is 0 Å². The van der Waals surface area contributed by atoms with Gasteiger partial charge in [-0.1, -0.05) is 18.6 Å². The molecule has 2 heteroatoms. The highest BCUT2D eigenvalue weighted by Crippen LogP contribution is 2.42. The highest BCUT2D eigenvalue weighted by atomic mass is 15.2. The normalized spacial score (nSPS) is 37.3. The molecule has 0 aromatic rings. The van der Waals surface area contributed by atoms with Crippen LogP contribution in [0.1, 0.15) is 39.0 Å². The fraction of sp³-hybridized carbons (Fsp3) is 0.875. The van der Waals surface area contributed by atoms with Crippen LogP contribution in [-0.4, -0.2) is 37.1 Å². The number of piperidine rings is 1. The van der Waals surface area contributed by atoms with E-state index < -0.39 is 0 Å². The van der Waals surface area contributed by atoms with Crippen molar-refractivity contribution >= 4 is 0 Å². The van der Waals surface area contributed by atoms with Crippen LogP contribution < -0.4 is 5.32 Å². The van der Waals surface area contributed by atoms with E-state index in [4.69, 9.17) is 0 Å². The van der Waals surface area contributed by atoms with Crippen LogP contribution in [0.2, 0.25) is 0 Å². The molecule has 3 rings (SSSR count). The molecule has 0 aromatic carbocycles. The molecule has 18 heavy (non-hydrogen) atoms. The largest absolute Gasteiger partial charge is 0.315 e. The Hall–Kier alpha value is -0.340. The smallest absolute Gasteiger partial charge is 0.0192 e. The summed E-state index contributed by atoms with van der Waals surface area (Å²) in [4.78, 5) is 2.66. The van der Waals surface area contributed by atoms with Gasteiger partial charge >= 0.3 is 0 Å². The van der Waals surface area contributed by atoms with Crippen LogP contribution in [0.5, 0.6) is 0 Å². The van der Waals surface area contributed by atoms with Crippen LogP contribution in [0, 0.1) is 17.8 Å². The van der Waals surface area contributed by atoms with Gasteiger partial charge in [-0.3, -0.25) is 4.90 Å². The van der Waals surface area contributed by atoms with E-state index in [0.717, 1.165) is 23.8 Å². The summed E-state index contributed by atoms with van der Waals surface area (Å²) in [6.07, 6.45) is 12.0. The van der Waals surface area contributed by atoms with E-state index in [1.54, 1.807) is 0 Å². The number of likely N-dealkylation sites (tertiary alicyclic amines) is 1. The Morgan fingerprint density at radius 1 is 1.17 bits per heavy atom. The fourth-order valence-corrected chi connectivity index (χ4v) is 4.10. The third-order valence-electron chi connectivity index (χ3n) is 5.28. The van der Waals surface area contributed by atoms with Crippen LogP contribution in [0.4, 0.5) is 0 Å². The molecule has 1 N–H and O–H groups in total. The Labute approximate surface area is 112 Å². The van der Waals surface area contributed by atoms with Crippen molar-refractivity contribution in [2.24, 2.45) is 17.8 Å². The first-order valence-electron chi connectivity index (χ1n) is 7.96. The Bertz CT molecular complexity index is 293. The lowest BCUT2D eigenvalue weighted by Crippen LogP contribution is -2.44. The highest BCUT2D eigenvalue weighted by Gasteiger charge is 2.35. The van der Waals surface area contributed by atoms with Gasteiger partial charge in [-0.15, -0.1) is 0 Å². The number of nitrogens with one attached hydrogen (secondary N) is 1. The molecular weight excluding hydrogens is 220 g/mol. The predicted molar refractivity (Wildman–Crippen MR) is 76.6 cm³/mol. The summed E-state index contributed by atoms with van der Waals surface area (Å²) < 4.78 is 0. The van der Waals surface area contributed by atoms with Gasteiger partial charge < -0.3 is 5.32 Å². The zero-order chi connectivity index (χ0) is 12.4. The molecule has 3 aliphatic rings. The van der Waals surface area contributed by atoms with Gasteiger partial charge in [0.2, 0.25) is 0 Å². The van der Waals surface area contributed by atoms with Crippen molar-refractivity contribution in [2.45, 2.75) is 45.1 Å². The molecule has 2 nitrogen and oxygen atoms in total. The summed E-state index contributed by atoms with van der Waals surface area (Å²) in [6.45, 7) is 7.44. The van der Waals surface area contributed by atoms with Gasteiger partial charge in [0.25, 0.3) is 0 Å². The van der Waals surface area contributed by atoms with Crippen molar-refractivity contribution in [3.8, 4) is 0 Å². The second-order valence-corrected chi connectivity index (χ2v) is 6.64. The first kappa shape index (κ1) is 12.7. The molecule has 102 valence electrons. The highest BCUT2D eigenvalue weighted by molar-refractivity contribution is 5.10. The molecule has 4 atom stereocenters. The first-order chi connectivity index (χ1) is 8.83. The molecule has 2 aliphatic carbocycles. The van der Waals surface area contributed by atoms with Gasteiger partial charge in [0.15, 0.2) is 0 Å². The molecule has 0 amide bonds. The molecule has 1 saturated heterocycles. The van der Waals surface area contributed by atoms with Gasteiger partial charge in [0, 0.05) is 12.6 Å². The quantitative estimate of drug-likeness (QED) is 0.753. The maximum absolute atomic E-state index is 3.73. The van der Waals surface area contributed by atoms with Crippen molar-refractivity contribution < 1.29 is 0 Å². The minimum Gasteiger partial charge on any atom is -0.315 e. The fourth-order valence-electron chi connectivity index (χ4n) is 4.10. The van der Waals surface area contributed by atoms with Crippen molar-refractivity contribution in [3.05, 3.63) is 12.2 Å². The van der Waals surface area contributed by atoms with Crippen LogP contribution in [0.15, 0.2) is 12.2 Å². The summed E-state index contributed by atoms with van der Waals surface area (Å²) in [5.74, 6) is 2.74. The zero-order valence-corrected chi connectivity index (χ0v) is 11.8. The molecule has 0 radical (unpaired) electrons. The predicted octanol–water partition coefficient (Wildman–Crippen LogP) is 2.66. The zero-order valence-electron chi connectivity index (χ0n) is 11.8. The van der Waals surface area contributed by atoms with Crippen molar-refractivity contribution in [1.29, 1.82) is 0 Å². The second-order valence-electron chi connectivity index (χ2n) is 6.64. The standard InChI is InChI=1S/C16H28N2/c1-13(18-7-3-2-4-8-18)11-17-12-16-10-14-5-6-15(16)9-14/h5-6,13-17H,2-4,7-12H2,1H3. The van der Waals surface area contributed by atoms with E-state index in [1.165, 1.54) is 58.3 Å². The lowest BCUT2D eigenvalue weighted by molar-refractivity contribution is 0.169. The van der Waals surface area contributed by atoms with Crippen LogP contribution in [0.3, 0.4) is 0 Å². The number of hydrogen-bond donors (Lipinski definition) is 1. The van der Waals surface area contributed by atoms with E-state index in [9.17, 15) is 0 Å². The van der Waals surface area contributed by atoms with Gasteiger partial charge in [-0.25, -0.2) is 0 Å². The number of rotatable bonds is 5. The summed E-state index contributed by atoms with van der Waals surface area (Å²) in [5, 5.41) is 3.73. The van der Waals surface area contributed by atoms with Gasteiger partial charge in [0.05, 0.1) is 0 Å². The van der Waals surface area contributed by atoms with E-state index in [1.807, 2.05) is 0 Å². The topological polar surface area (TPSA) is 15.3 Å². The summed E-state index contributed by atoms with van der Waals surface area (Å²) >= 11 is 0. The molecule has 1 heterocycles. The third kappa shape index (κ3) is 2.80. The molecular formula is C16H28N2. The van der Waals surface area contributed by atoms with Crippen LogP contribution in [0.25, 0.3) is 0 Å². The molecule has 1 saturated carbocycles. The maximum Gasteiger partial charge on any atom is 0.0192 e. The Morgan fingerprint density at radius 3 is 2.67 bits per heavy atom. The van der Waals surface area contributed by atoms with E-state index in [2.05, 4.69) is 29.3 Å². The third-order valence-corrected chi connectivity index (χ3v) is 5.28. The Kier molecular flexibility index (Phi) is 4.05. The summed E-state index contributed by atoms with van der Waals surface area (Å²) in [7, 11) is 0. The van der Waals surface area contributed by atoms with E-state index in [0.29, 0.717) is 0 Å². The number of fused-ring (bicyclic) bond motifs is 2. The SMILES string of the molecule is CC(CNCC1CC2C=CC1C2)N1CCCCC1. The lowest BCUT2D eigenvalue weighted by Gasteiger charge is -2.33. The number of nitrogens with zero attached hydrogens (tertiary/aromatic N) is 1. The monoisotopic (exact) mass is 248 g/mol. The lowest BCUT2D eigenvalue weighted by atomic mass is 9.93.